The third kappa shape index (κ3) is 6.62. The van der Waals surface area contributed by atoms with E-state index in [0.717, 1.165) is 0 Å². The van der Waals surface area contributed by atoms with E-state index in [0.29, 0.717) is 32.1 Å². The van der Waals surface area contributed by atoms with Crippen molar-refractivity contribution >= 4 is 57.2 Å². The average Bonchev–Trinajstić information content (AvgIpc) is 2.69. The molecule has 0 aliphatic heterocycles. The summed E-state index contributed by atoms with van der Waals surface area (Å²) in [5.41, 5.74) is 3.46. The van der Waals surface area contributed by atoms with Gasteiger partial charge in [0, 0.05) is 18.5 Å². The summed E-state index contributed by atoms with van der Waals surface area (Å²) in [5, 5.41) is 7.18. The number of amides is 2. The van der Waals surface area contributed by atoms with E-state index >= 15 is 0 Å². The van der Waals surface area contributed by atoms with Crippen molar-refractivity contribution in [3.05, 3.63) is 56.0 Å². The Morgan fingerprint density at radius 2 is 1.90 bits per heavy atom. The first-order chi connectivity index (χ1) is 13.8. The zero-order valence-corrected chi connectivity index (χ0v) is 18.7. The summed E-state index contributed by atoms with van der Waals surface area (Å²) in [5.74, 6) is 0.386. The second-order valence-electron chi connectivity index (χ2n) is 5.67. The van der Waals surface area contributed by atoms with Crippen molar-refractivity contribution in [2.75, 3.05) is 20.8 Å². The molecule has 0 bridgehead atoms. The topological polar surface area (TPSA) is 89.0 Å². The molecule has 2 aromatic rings. The molecular formula is C19H18BrCl2N3O4. The number of carbonyl (C=O) groups excluding carboxylic acids is 2. The second-order valence-corrected chi connectivity index (χ2v) is 7.33. The van der Waals surface area contributed by atoms with Crippen molar-refractivity contribution in [1.82, 2.24) is 10.7 Å². The molecule has 0 saturated carbocycles. The number of nitrogens with one attached hydrogen (secondary N) is 2. The van der Waals surface area contributed by atoms with E-state index in [-0.39, 0.29) is 29.8 Å². The first kappa shape index (κ1) is 23.0. The SMILES string of the molecule is COc1cc(C=NNC(=O)CCNC(=O)c2ccc(Cl)c(Cl)c2)cc(Br)c1OC. The number of nitrogens with zero attached hydrogens (tertiary/aromatic N) is 1. The highest BCUT2D eigenvalue weighted by molar-refractivity contribution is 9.10. The minimum Gasteiger partial charge on any atom is -0.493 e. The van der Waals surface area contributed by atoms with Gasteiger partial charge in [-0.05, 0) is 51.8 Å². The van der Waals surface area contributed by atoms with Crippen molar-refractivity contribution in [3.8, 4) is 11.5 Å². The Balaban J connectivity index is 1.83. The largest absolute Gasteiger partial charge is 0.493 e. The number of carbonyl (C=O) groups is 2. The van der Waals surface area contributed by atoms with Crippen LogP contribution in [-0.4, -0.2) is 38.8 Å². The summed E-state index contributed by atoms with van der Waals surface area (Å²) in [6.45, 7) is 0.141. The first-order valence-corrected chi connectivity index (χ1v) is 9.87. The normalized spacial score (nSPS) is 10.7. The lowest BCUT2D eigenvalue weighted by Crippen LogP contribution is -2.29. The molecular weight excluding hydrogens is 485 g/mol. The molecule has 0 unspecified atom stereocenters. The van der Waals surface area contributed by atoms with Gasteiger partial charge in [0.15, 0.2) is 11.5 Å². The first-order valence-electron chi connectivity index (χ1n) is 8.32. The predicted molar refractivity (Wildman–Crippen MR) is 116 cm³/mol. The molecule has 2 aromatic carbocycles. The van der Waals surface area contributed by atoms with Crippen LogP contribution < -0.4 is 20.2 Å². The summed E-state index contributed by atoms with van der Waals surface area (Å²) in [6.07, 6.45) is 1.53. The standard InChI is InChI=1S/C19H18BrCl2N3O4/c1-28-16-8-11(7-13(20)18(16)29-2)10-24-25-17(26)5-6-23-19(27)12-3-4-14(21)15(22)9-12/h3-4,7-10H,5-6H2,1-2H3,(H,23,27)(H,25,26). The lowest BCUT2D eigenvalue weighted by Gasteiger charge is -2.10. The number of methoxy groups -OCH3 is 2. The van der Waals surface area contributed by atoms with E-state index in [1.54, 1.807) is 18.2 Å². The quantitative estimate of drug-likeness (QED) is 0.421. The monoisotopic (exact) mass is 501 g/mol. The summed E-state index contributed by atoms with van der Waals surface area (Å²) in [7, 11) is 3.07. The lowest BCUT2D eigenvalue weighted by molar-refractivity contribution is -0.120. The Morgan fingerprint density at radius 3 is 2.55 bits per heavy atom. The minimum atomic E-state index is -0.352. The molecule has 0 spiro atoms. The van der Waals surface area contributed by atoms with E-state index in [9.17, 15) is 9.59 Å². The number of hydrogen-bond acceptors (Lipinski definition) is 5. The molecule has 0 aliphatic rings. The second kappa shape index (κ2) is 11.0. The van der Waals surface area contributed by atoms with Crippen molar-refractivity contribution in [1.29, 1.82) is 0 Å². The number of halogens is 3. The summed E-state index contributed by atoms with van der Waals surface area (Å²) < 4.78 is 11.2. The molecule has 0 aliphatic carbocycles. The molecule has 7 nitrogen and oxygen atoms in total. The van der Waals surface area contributed by atoms with Gasteiger partial charge in [0.05, 0.1) is 35.0 Å². The van der Waals surface area contributed by atoms with Crippen molar-refractivity contribution in [3.63, 3.8) is 0 Å². The van der Waals surface area contributed by atoms with Gasteiger partial charge in [0.25, 0.3) is 5.91 Å². The molecule has 2 amide bonds. The molecule has 2 rings (SSSR count). The fourth-order valence-electron chi connectivity index (χ4n) is 2.28. The smallest absolute Gasteiger partial charge is 0.251 e. The average molecular weight is 503 g/mol. The van der Waals surface area contributed by atoms with Gasteiger partial charge >= 0.3 is 0 Å². The van der Waals surface area contributed by atoms with Crippen LogP contribution in [0.2, 0.25) is 10.0 Å². The highest BCUT2D eigenvalue weighted by Crippen LogP contribution is 2.35. The minimum absolute atomic E-state index is 0.0556. The number of rotatable bonds is 8. The van der Waals surface area contributed by atoms with E-state index in [2.05, 4.69) is 31.8 Å². The Kier molecular flexibility index (Phi) is 8.75. The summed E-state index contributed by atoms with van der Waals surface area (Å²) in [6, 6.07) is 8.04. The maximum absolute atomic E-state index is 12.0. The highest BCUT2D eigenvalue weighted by atomic mass is 79.9. The van der Waals surface area contributed by atoms with Gasteiger partial charge in [-0.2, -0.15) is 5.10 Å². The molecule has 2 N–H and O–H groups in total. The Morgan fingerprint density at radius 1 is 1.14 bits per heavy atom. The summed E-state index contributed by atoms with van der Waals surface area (Å²) in [4.78, 5) is 23.9. The highest BCUT2D eigenvalue weighted by Gasteiger charge is 2.10. The van der Waals surface area contributed by atoms with Crippen LogP contribution in [0.15, 0.2) is 39.9 Å². The van der Waals surface area contributed by atoms with Gasteiger partial charge in [-0.15, -0.1) is 0 Å². The van der Waals surface area contributed by atoms with Crippen LogP contribution in [0.25, 0.3) is 0 Å². The molecule has 0 saturated heterocycles. The summed E-state index contributed by atoms with van der Waals surface area (Å²) >= 11 is 15.1. The Hall–Kier alpha value is -2.29. The molecule has 0 radical (unpaired) electrons. The van der Waals surface area contributed by atoms with E-state index in [1.165, 1.54) is 32.6 Å². The maximum atomic E-state index is 12.0. The number of hydrazone groups is 1. The molecule has 0 fully saturated rings. The van der Waals surface area contributed by atoms with E-state index < -0.39 is 0 Å². The van der Waals surface area contributed by atoms with Gasteiger partial charge < -0.3 is 14.8 Å². The van der Waals surface area contributed by atoms with Gasteiger partial charge in [-0.25, -0.2) is 5.43 Å². The van der Waals surface area contributed by atoms with Crippen LogP contribution in [0.1, 0.15) is 22.3 Å². The van der Waals surface area contributed by atoms with Gasteiger partial charge in [-0.3, -0.25) is 9.59 Å². The maximum Gasteiger partial charge on any atom is 0.251 e. The number of ether oxygens (including phenoxy) is 2. The van der Waals surface area contributed by atoms with Crippen LogP contribution in [0.4, 0.5) is 0 Å². The van der Waals surface area contributed by atoms with Crippen LogP contribution in [0.3, 0.4) is 0 Å². The predicted octanol–water partition coefficient (Wildman–Crippen LogP) is 4.04. The van der Waals surface area contributed by atoms with Crippen LogP contribution >= 0.6 is 39.1 Å². The third-order valence-corrected chi connectivity index (χ3v) is 5.01. The Bertz CT molecular complexity index is 938. The molecule has 0 aromatic heterocycles. The Labute approximate surface area is 186 Å². The van der Waals surface area contributed by atoms with Gasteiger partial charge in [-0.1, -0.05) is 23.2 Å². The van der Waals surface area contributed by atoms with E-state index in [4.69, 9.17) is 32.7 Å². The van der Waals surface area contributed by atoms with Gasteiger partial charge in [0.1, 0.15) is 0 Å². The van der Waals surface area contributed by atoms with Crippen molar-refractivity contribution in [2.24, 2.45) is 5.10 Å². The molecule has 10 heteroatoms. The van der Waals surface area contributed by atoms with Crippen LogP contribution in [0, 0.1) is 0 Å². The number of hydrogen-bond donors (Lipinski definition) is 2. The van der Waals surface area contributed by atoms with Gasteiger partial charge in [0.2, 0.25) is 5.91 Å². The van der Waals surface area contributed by atoms with Crippen molar-refractivity contribution < 1.29 is 19.1 Å². The zero-order chi connectivity index (χ0) is 21.4. The molecule has 29 heavy (non-hydrogen) atoms. The molecule has 0 heterocycles. The fourth-order valence-corrected chi connectivity index (χ4v) is 3.20. The fraction of sp³-hybridized carbons (Fsp3) is 0.211. The van der Waals surface area contributed by atoms with E-state index in [1.807, 2.05) is 0 Å². The van der Waals surface area contributed by atoms with Crippen molar-refractivity contribution in [2.45, 2.75) is 6.42 Å². The number of benzene rings is 2. The third-order valence-electron chi connectivity index (χ3n) is 3.68. The molecule has 0 atom stereocenters. The lowest BCUT2D eigenvalue weighted by atomic mass is 10.2. The van der Waals surface area contributed by atoms with Crippen LogP contribution in [0.5, 0.6) is 11.5 Å². The molecule has 154 valence electrons. The van der Waals surface area contributed by atoms with Crippen LogP contribution in [-0.2, 0) is 4.79 Å². The zero-order valence-electron chi connectivity index (χ0n) is 15.6.